The summed E-state index contributed by atoms with van der Waals surface area (Å²) in [7, 11) is 0. The Labute approximate surface area is 250 Å². The van der Waals surface area contributed by atoms with E-state index in [1.54, 1.807) is 12.3 Å². The Morgan fingerprint density at radius 1 is 0.810 bits per heavy atom. The van der Waals surface area contributed by atoms with Crippen LogP contribution in [0, 0.1) is 11.3 Å². The van der Waals surface area contributed by atoms with Gasteiger partial charge in [0, 0.05) is 25.8 Å². The van der Waals surface area contributed by atoms with Gasteiger partial charge in [-0.2, -0.15) is 10.2 Å². The van der Waals surface area contributed by atoms with Gasteiger partial charge in [0.25, 0.3) is 0 Å². The number of hydrogen-bond acceptors (Lipinski definition) is 10. The number of morpholine rings is 1. The number of thiazole rings is 2. The second-order valence-corrected chi connectivity index (χ2v) is 12.1. The van der Waals surface area contributed by atoms with E-state index in [2.05, 4.69) is 40.2 Å². The average molecular weight is 591 g/mol. The molecule has 3 aromatic heterocycles. The number of nitrogens with zero attached hydrogens (tertiary/aromatic N) is 6. The maximum absolute atomic E-state index is 10.9. The van der Waals surface area contributed by atoms with Crippen molar-refractivity contribution in [2.75, 3.05) is 26.3 Å². The minimum atomic E-state index is -1.32. The van der Waals surface area contributed by atoms with E-state index in [9.17, 15) is 5.26 Å². The first-order valence-electron chi connectivity index (χ1n) is 13.7. The molecule has 4 heterocycles. The zero-order valence-corrected chi connectivity index (χ0v) is 24.3. The molecule has 0 radical (unpaired) electrons. The molecule has 0 saturated carbocycles. The van der Waals surface area contributed by atoms with Gasteiger partial charge in [-0.3, -0.25) is 4.90 Å². The standard InChI is InChI=1S/C32H26N6O2S2/c33-21-32(29-35-24-5-1-3-7-26(24)41-29,30-36-25-6-2-4-8-27(25)42-30)28-13-14-34-31(37-28)40-20-23-11-9-22(10-12-23)19-38-15-17-39-18-16-38/h1-14H,15-20H2. The van der Waals surface area contributed by atoms with E-state index >= 15 is 0 Å². The lowest BCUT2D eigenvalue weighted by Crippen LogP contribution is -2.35. The second-order valence-electron chi connectivity index (χ2n) is 10.1. The van der Waals surface area contributed by atoms with E-state index in [-0.39, 0.29) is 6.01 Å². The normalized spacial score (nSPS) is 14.3. The van der Waals surface area contributed by atoms with Crippen LogP contribution in [0.1, 0.15) is 26.8 Å². The molecule has 0 spiro atoms. The van der Waals surface area contributed by atoms with Crippen molar-refractivity contribution in [1.29, 1.82) is 5.26 Å². The van der Waals surface area contributed by atoms with E-state index in [4.69, 9.17) is 24.4 Å². The fraction of sp³-hybridized carbons (Fsp3) is 0.219. The summed E-state index contributed by atoms with van der Waals surface area (Å²) in [6.07, 6.45) is 1.63. The predicted molar refractivity (Wildman–Crippen MR) is 164 cm³/mol. The molecule has 1 aliphatic heterocycles. The maximum Gasteiger partial charge on any atom is 0.316 e. The van der Waals surface area contributed by atoms with E-state index in [0.29, 0.717) is 22.3 Å². The summed E-state index contributed by atoms with van der Waals surface area (Å²) < 4.78 is 13.5. The smallest absolute Gasteiger partial charge is 0.316 e. The Bertz CT molecular complexity index is 1750. The van der Waals surface area contributed by atoms with Gasteiger partial charge in [-0.05, 0) is 41.5 Å². The maximum atomic E-state index is 10.9. The Morgan fingerprint density at radius 3 is 2.05 bits per heavy atom. The number of hydrogen-bond donors (Lipinski definition) is 0. The first-order valence-corrected chi connectivity index (χ1v) is 15.3. The molecule has 0 bridgehead atoms. The molecule has 0 amide bonds. The molecule has 0 N–H and O–H groups in total. The van der Waals surface area contributed by atoms with Crippen molar-refractivity contribution < 1.29 is 9.47 Å². The number of ether oxygens (including phenoxy) is 2. The first kappa shape index (κ1) is 26.6. The molecule has 208 valence electrons. The van der Waals surface area contributed by atoms with Crippen LogP contribution in [0.5, 0.6) is 6.01 Å². The summed E-state index contributed by atoms with van der Waals surface area (Å²) in [4.78, 5) is 21.4. The Kier molecular flexibility index (Phi) is 7.32. The van der Waals surface area contributed by atoms with Crippen LogP contribution in [0.2, 0.25) is 0 Å². The van der Waals surface area contributed by atoms with Crippen LogP contribution in [0.3, 0.4) is 0 Å². The number of aromatic nitrogens is 4. The van der Waals surface area contributed by atoms with Gasteiger partial charge in [-0.1, -0.05) is 48.5 Å². The van der Waals surface area contributed by atoms with Crippen LogP contribution in [0.15, 0.2) is 85.1 Å². The third kappa shape index (κ3) is 5.12. The molecule has 0 aliphatic carbocycles. The van der Waals surface area contributed by atoms with Gasteiger partial charge in [-0.15, -0.1) is 22.7 Å². The van der Waals surface area contributed by atoms with Crippen LogP contribution in [0.25, 0.3) is 20.4 Å². The lowest BCUT2D eigenvalue weighted by atomic mass is 9.87. The number of benzene rings is 3. The van der Waals surface area contributed by atoms with Crippen molar-refractivity contribution in [3.05, 3.63) is 112 Å². The lowest BCUT2D eigenvalue weighted by molar-refractivity contribution is 0.0342. The largest absolute Gasteiger partial charge is 0.459 e. The summed E-state index contributed by atoms with van der Waals surface area (Å²) in [5.74, 6) is 0. The highest BCUT2D eigenvalue weighted by Gasteiger charge is 2.45. The number of para-hydroxylation sites is 2. The number of fused-ring (bicyclic) bond motifs is 2. The van der Waals surface area contributed by atoms with E-state index in [1.165, 1.54) is 28.2 Å². The SMILES string of the molecule is N#CC(c1ccnc(OCc2ccc(CN3CCOCC3)cc2)n1)(c1nc2ccccc2s1)c1nc2ccccc2s1. The van der Waals surface area contributed by atoms with Gasteiger partial charge in [0.2, 0.25) is 5.41 Å². The molecule has 3 aromatic carbocycles. The van der Waals surface area contributed by atoms with Gasteiger partial charge in [0.05, 0.1) is 45.4 Å². The molecular weight excluding hydrogens is 565 g/mol. The van der Waals surface area contributed by atoms with E-state index < -0.39 is 5.41 Å². The van der Waals surface area contributed by atoms with Crippen LogP contribution in [-0.4, -0.2) is 51.1 Å². The topological polar surface area (TPSA) is 97.0 Å². The first-order chi connectivity index (χ1) is 20.7. The number of rotatable bonds is 8. The van der Waals surface area contributed by atoms with Crippen molar-refractivity contribution in [2.45, 2.75) is 18.6 Å². The minimum absolute atomic E-state index is 0.201. The van der Waals surface area contributed by atoms with Gasteiger partial charge >= 0.3 is 6.01 Å². The minimum Gasteiger partial charge on any atom is -0.459 e. The van der Waals surface area contributed by atoms with Crippen molar-refractivity contribution in [3.8, 4) is 12.1 Å². The molecule has 1 saturated heterocycles. The monoisotopic (exact) mass is 590 g/mol. The summed E-state index contributed by atoms with van der Waals surface area (Å²) in [5, 5.41) is 12.1. The quantitative estimate of drug-likeness (QED) is 0.214. The van der Waals surface area contributed by atoms with Gasteiger partial charge in [-0.25, -0.2) is 15.0 Å². The van der Waals surface area contributed by atoms with Crippen LogP contribution < -0.4 is 4.74 Å². The van der Waals surface area contributed by atoms with Crippen molar-refractivity contribution in [2.24, 2.45) is 0 Å². The van der Waals surface area contributed by atoms with E-state index in [1.807, 2.05) is 48.5 Å². The number of nitriles is 1. The zero-order chi connectivity index (χ0) is 28.4. The fourth-order valence-corrected chi connectivity index (χ4v) is 7.35. The molecule has 6 aromatic rings. The molecular formula is C32H26N6O2S2. The van der Waals surface area contributed by atoms with Crippen molar-refractivity contribution >= 4 is 43.1 Å². The summed E-state index contributed by atoms with van der Waals surface area (Å²) in [6.45, 7) is 4.70. The van der Waals surface area contributed by atoms with Gasteiger partial charge in [0.15, 0.2) is 0 Å². The molecule has 8 nitrogen and oxygen atoms in total. The second kappa shape index (κ2) is 11.5. The Balaban J connectivity index is 1.20. The summed E-state index contributed by atoms with van der Waals surface area (Å²) in [6, 6.07) is 28.7. The van der Waals surface area contributed by atoms with Crippen LogP contribution >= 0.6 is 22.7 Å². The molecule has 1 aliphatic rings. The average Bonchev–Trinajstić information content (AvgIpc) is 3.67. The van der Waals surface area contributed by atoms with Crippen LogP contribution in [0.4, 0.5) is 0 Å². The van der Waals surface area contributed by atoms with Crippen molar-refractivity contribution in [1.82, 2.24) is 24.8 Å². The fourth-order valence-electron chi connectivity index (χ4n) is 5.05. The molecule has 42 heavy (non-hydrogen) atoms. The molecule has 1 fully saturated rings. The molecule has 0 unspecified atom stereocenters. The van der Waals surface area contributed by atoms with Crippen molar-refractivity contribution in [3.63, 3.8) is 0 Å². The molecule has 0 atom stereocenters. The highest BCUT2D eigenvalue weighted by molar-refractivity contribution is 7.20. The molecule has 10 heteroatoms. The summed E-state index contributed by atoms with van der Waals surface area (Å²) in [5.41, 5.74) is 3.09. The zero-order valence-electron chi connectivity index (χ0n) is 22.6. The van der Waals surface area contributed by atoms with E-state index in [0.717, 1.165) is 58.8 Å². The highest BCUT2D eigenvalue weighted by Crippen LogP contribution is 2.44. The highest BCUT2D eigenvalue weighted by atomic mass is 32.1. The predicted octanol–water partition coefficient (Wildman–Crippen LogP) is 5.97. The van der Waals surface area contributed by atoms with Gasteiger partial charge < -0.3 is 9.47 Å². The summed E-state index contributed by atoms with van der Waals surface area (Å²) >= 11 is 2.96. The Morgan fingerprint density at radius 2 is 1.43 bits per heavy atom. The van der Waals surface area contributed by atoms with Gasteiger partial charge in [0.1, 0.15) is 16.6 Å². The Hall–Kier alpha value is -4.27. The third-order valence-electron chi connectivity index (χ3n) is 7.32. The van der Waals surface area contributed by atoms with Crippen LogP contribution in [-0.2, 0) is 23.3 Å². The molecule has 7 rings (SSSR count). The lowest BCUT2D eigenvalue weighted by Gasteiger charge is -2.26. The third-order valence-corrected chi connectivity index (χ3v) is 9.63.